The van der Waals surface area contributed by atoms with Crippen molar-refractivity contribution in [3.8, 4) is 5.75 Å². The number of piperazine rings is 1. The third kappa shape index (κ3) is 5.02. The van der Waals surface area contributed by atoms with Gasteiger partial charge in [-0.1, -0.05) is 32.0 Å². The van der Waals surface area contributed by atoms with Crippen molar-refractivity contribution in [2.45, 2.75) is 39.2 Å². The molecule has 4 rings (SSSR count). The minimum atomic E-state index is 0.128. The summed E-state index contributed by atoms with van der Waals surface area (Å²) in [7, 11) is 0. The maximum atomic E-state index is 12.7. The maximum Gasteiger partial charge on any atom is 0.279 e. The van der Waals surface area contributed by atoms with Gasteiger partial charge in [-0.3, -0.25) is 4.79 Å². The lowest BCUT2D eigenvalue weighted by Crippen LogP contribution is -3.28. The van der Waals surface area contributed by atoms with Gasteiger partial charge >= 0.3 is 0 Å². The van der Waals surface area contributed by atoms with E-state index in [2.05, 4.69) is 49.5 Å². The molecule has 1 atom stereocenters. The molecule has 2 heterocycles. The SMILES string of the molecule is CC[C@H](C)c1ccccc1NC(=O)C[NH+]1CC[NH+](Cc2ccc3c(c2)CCO3)CC1. The van der Waals surface area contributed by atoms with E-state index < -0.39 is 0 Å². The van der Waals surface area contributed by atoms with E-state index in [0.717, 1.165) is 63.6 Å². The van der Waals surface area contributed by atoms with Crippen molar-refractivity contribution in [2.24, 2.45) is 0 Å². The molecule has 2 aromatic carbocycles. The van der Waals surface area contributed by atoms with E-state index in [1.54, 1.807) is 4.90 Å². The van der Waals surface area contributed by atoms with Crippen molar-refractivity contribution >= 4 is 11.6 Å². The Morgan fingerprint density at radius 2 is 1.87 bits per heavy atom. The number of fused-ring (bicyclic) bond motifs is 1. The molecule has 5 heteroatoms. The molecule has 30 heavy (non-hydrogen) atoms. The molecule has 1 saturated heterocycles. The molecular formula is C25H35N3O2+2. The minimum Gasteiger partial charge on any atom is -0.493 e. The van der Waals surface area contributed by atoms with E-state index in [-0.39, 0.29) is 5.91 Å². The summed E-state index contributed by atoms with van der Waals surface area (Å²) in [5.74, 6) is 1.64. The van der Waals surface area contributed by atoms with E-state index in [1.165, 1.54) is 21.6 Å². The summed E-state index contributed by atoms with van der Waals surface area (Å²) in [6.45, 7) is 11.1. The van der Waals surface area contributed by atoms with Gasteiger partial charge in [0.15, 0.2) is 6.54 Å². The molecule has 2 aliphatic heterocycles. The van der Waals surface area contributed by atoms with E-state index in [0.29, 0.717) is 12.5 Å². The average Bonchev–Trinajstić information content (AvgIpc) is 3.23. The van der Waals surface area contributed by atoms with Crippen LogP contribution in [0.25, 0.3) is 0 Å². The molecule has 5 nitrogen and oxygen atoms in total. The lowest BCUT2D eigenvalue weighted by atomic mass is 9.97. The minimum absolute atomic E-state index is 0.128. The first-order valence-electron chi connectivity index (χ1n) is 11.4. The number of hydrogen-bond acceptors (Lipinski definition) is 2. The number of nitrogens with one attached hydrogen (secondary N) is 3. The van der Waals surface area contributed by atoms with Gasteiger partial charge in [-0.05, 0) is 47.7 Å². The number of carbonyl (C=O) groups excluding carboxylic acids is 1. The highest BCUT2D eigenvalue weighted by Crippen LogP contribution is 2.26. The highest BCUT2D eigenvalue weighted by atomic mass is 16.5. The van der Waals surface area contributed by atoms with Gasteiger partial charge in [0.05, 0.1) is 6.61 Å². The van der Waals surface area contributed by atoms with Gasteiger partial charge in [0.1, 0.15) is 38.5 Å². The summed E-state index contributed by atoms with van der Waals surface area (Å²) in [6, 6.07) is 14.9. The Hall–Kier alpha value is -2.37. The second kappa shape index (κ2) is 9.63. The summed E-state index contributed by atoms with van der Waals surface area (Å²) in [5.41, 5.74) is 4.96. The number of rotatable bonds is 7. The Bertz CT molecular complexity index is 874. The fourth-order valence-electron chi connectivity index (χ4n) is 4.63. The standard InChI is InChI=1S/C25H33N3O2/c1-3-19(2)22-6-4-5-7-23(22)26-25(29)18-28-13-11-27(12-14-28)17-20-8-9-24-21(16-20)10-15-30-24/h4-9,16,19H,3,10-15,17-18H2,1-2H3,(H,26,29)/p+2/t19-/m0/s1. The van der Waals surface area contributed by atoms with E-state index in [9.17, 15) is 4.79 Å². The zero-order valence-electron chi connectivity index (χ0n) is 18.3. The molecule has 3 N–H and O–H groups in total. The molecule has 0 bridgehead atoms. The quantitative estimate of drug-likeness (QED) is 0.640. The molecule has 2 aliphatic rings. The summed E-state index contributed by atoms with van der Waals surface area (Å²) < 4.78 is 5.62. The molecule has 0 saturated carbocycles. The van der Waals surface area contributed by atoms with E-state index in [4.69, 9.17) is 4.74 Å². The number of carbonyl (C=O) groups is 1. The number of hydrogen-bond donors (Lipinski definition) is 3. The number of anilines is 1. The first-order valence-corrected chi connectivity index (χ1v) is 11.4. The lowest BCUT2D eigenvalue weighted by Gasteiger charge is -2.29. The molecule has 0 aromatic heterocycles. The van der Waals surface area contributed by atoms with Gasteiger partial charge in [0.2, 0.25) is 0 Å². The van der Waals surface area contributed by atoms with Crippen LogP contribution in [0.1, 0.15) is 42.9 Å². The maximum absolute atomic E-state index is 12.7. The van der Waals surface area contributed by atoms with Crippen LogP contribution < -0.4 is 19.9 Å². The zero-order chi connectivity index (χ0) is 20.9. The Morgan fingerprint density at radius 1 is 1.10 bits per heavy atom. The second-order valence-corrected chi connectivity index (χ2v) is 8.84. The van der Waals surface area contributed by atoms with Crippen molar-refractivity contribution in [1.82, 2.24) is 0 Å². The fraction of sp³-hybridized carbons (Fsp3) is 0.480. The molecule has 0 radical (unpaired) electrons. The molecule has 0 spiro atoms. The van der Waals surface area contributed by atoms with Crippen molar-refractivity contribution < 1.29 is 19.3 Å². The largest absolute Gasteiger partial charge is 0.493 e. The Kier molecular flexibility index (Phi) is 6.70. The highest BCUT2D eigenvalue weighted by Gasteiger charge is 2.25. The van der Waals surface area contributed by atoms with Crippen LogP contribution in [0, 0.1) is 0 Å². The van der Waals surface area contributed by atoms with E-state index >= 15 is 0 Å². The summed E-state index contributed by atoms with van der Waals surface area (Å²) >= 11 is 0. The monoisotopic (exact) mass is 409 g/mol. The Balaban J connectivity index is 1.25. The van der Waals surface area contributed by atoms with Crippen LogP contribution in [0.2, 0.25) is 0 Å². The van der Waals surface area contributed by atoms with Crippen LogP contribution in [0.5, 0.6) is 5.75 Å². The first kappa shape index (κ1) is 20.9. The normalized spacial score (nSPS) is 21.5. The molecule has 1 amide bonds. The number of quaternary nitrogens is 2. The summed E-state index contributed by atoms with van der Waals surface area (Å²) in [5, 5.41) is 3.17. The molecule has 160 valence electrons. The van der Waals surface area contributed by atoms with Crippen LogP contribution >= 0.6 is 0 Å². The van der Waals surface area contributed by atoms with Gasteiger partial charge < -0.3 is 19.9 Å². The van der Waals surface area contributed by atoms with Crippen molar-refractivity contribution in [2.75, 3.05) is 44.6 Å². The Morgan fingerprint density at radius 3 is 2.67 bits per heavy atom. The molecular weight excluding hydrogens is 374 g/mol. The highest BCUT2D eigenvalue weighted by molar-refractivity contribution is 5.92. The molecule has 1 fully saturated rings. The first-order chi connectivity index (χ1) is 14.6. The number of benzene rings is 2. The van der Waals surface area contributed by atoms with Crippen LogP contribution in [-0.2, 0) is 17.8 Å². The van der Waals surface area contributed by atoms with Crippen molar-refractivity contribution in [3.05, 3.63) is 59.2 Å². The predicted molar refractivity (Wildman–Crippen MR) is 119 cm³/mol. The molecule has 2 aromatic rings. The van der Waals surface area contributed by atoms with Crippen molar-refractivity contribution in [3.63, 3.8) is 0 Å². The van der Waals surface area contributed by atoms with Crippen LogP contribution in [0.15, 0.2) is 42.5 Å². The van der Waals surface area contributed by atoms with Crippen LogP contribution in [0.4, 0.5) is 5.69 Å². The molecule has 0 aliphatic carbocycles. The summed E-state index contributed by atoms with van der Waals surface area (Å²) in [4.78, 5) is 15.7. The number of para-hydroxylation sites is 1. The van der Waals surface area contributed by atoms with Crippen LogP contribution in [-0.4, -0.2) is 45.2 Å². The van der Waals surface area contributed by atoms with Crippen LogP contribution in [0.3, 0.4) is 0 Å². The molecule has 0 unspecified atom stereocenters. The smallest absolute Gasteiger partial charge is 0.279 e. The Labute approximate surface area is 180 Å². The van der Waals surface area contributed by atoms with Gasteiger partial charge in [0.25, 0.3) is 5.91 Å². The van der Waals surface area contributed by atoms with Gasteiger partial charge in [-0.2, -0.15) is 0 Å². The number of ether oxygens (including phenoxy) is 1. The van der Waals surface area contributed by atoms with E-state index in [1.807, 2.05) is 12.1 Å². The van der Waals surface area contributed by atoms with Gasteiger partial charge in [-0.25, -0.2) is 0 Å². The fourth-order valence-corrected chi connectivity index (χ4v) is 4.63. The predicted octanol–water partition coefficient (Wildman–Crippen LogP) is 1.06. The van der Waals surface area contributed by atoms with Crippen molar-refractivity contribution in [1.29, 1.82) is 0 Å². The number of amides is 1. The summed E-state index contributed by atoms with van der Waals surface area (Å²) in [6.07, 6.45) is 2.10. The topological polar surface area (TPSA) is 47.2 Å². The van der Waals surface area contributed by atoms with Gasteiger partial charge in [0, 0.05) is 17.7 Å². The third-order valence-electron chi connectivity index (χ3n) is 6.66. The second-order valence-electron chi connectivity index (χ2n) is 8.84. The average molecular weight is 410 g/mol. The zero-order valence-corrected chi connectivity index (χ0v) is 18.3. The van der Waals surface area contributed by atoms with Gasteiger partial charge in [-0.15, -0.1) is 0 Å². The third-order valence-corrected chi connectivity index (χ3v) is 6.66. The lowest BCUT2D eigenvalue weighted by molar-refractivity contribution is -1.02.